The molecule has 1 saturated heterocycles. The van der Waals surface area contributed by atoms with E-state index in [0.29, 0.717) is 11.9 Å². The van der Waals surface area contributed by atoms with E-state index in [4.69, 9.17) is 5.73 Å². The van der Waals surface area contributed by atoms with Crippen molar-refractivity contribution in [2.24, 2.45) is 0 Å². The van der Waals surface area contributed by atoms with E-state index in [1.807, 2.05) is 6.07 Å². The van der Waals surface area contributed by atoms with Gasteiger partial charge in [0.2, 0.25) is 0 Å². The van der Waals surface area contributed by atoms with Crippen LogP contribution in [0, 0.1) is 0 Å². The number of hydrogen-bond acceptors (Lipinski definition) is 5. The Morgan fingerprint density at radius 2 is 2.38 bits per heavy atom. The average molecular weight is 179 g/mol. The van der Waals surface area contributed by atoms with Gasteiger partial charge in [0.05, 0.1) is 0 Å². The van der Waals surface area contributed by atoms with Crippen LogP contribution in [0.1, 0.15) is 6.42 Å². The highest BCUT2D eigenvalue weighted by molar-refractivity contribution is 5.39. The fourth-order valence-electron chi connectivity index (χ4n) is 1.41. The predicted octanol–water partition coefficient (Wildman–Crippen LogP) is -0.167. The van der Waals surface area contributed by atoms with Crippen LogP contribution in [0.4, 0.5) is 11.6 Å². The molecule has 0 spiro atoms. The normalized spacial score (nSPS) is 21.7. The quantitative estimate of drug-likeness (QED) is 0.588. The number of nitrogens with one attached hydrogen (secondary N) is 2. The van der Waals surface area contributed by atoms with Gasteiger partial charge in [0.15, 0.2) is 0 Å². The molecule has 13 heavy (non-hydrogen) atoms. The van der Waals surface area contributed by atoms with Crippen LogP contribution in [0.15, 0.2) is 12.1 Å². The molecule has 70 valence electrons. The summed E-state index contributed by atoms with van der Waals surface area (Å²) in [6, 6.07) is 4.07. The van der Waals surface area contributed by atoms with Gasteiger partial charge < -0.3 is 16.4 Å². The van der Waals surface area contributed by atoms with E-state index in [1.165, 1.54) is 0 Å². The van der Waals surface area contributed by atoms with Gasteiger partial charge in [-0.05, 0) is 25.1 Å². The van der Waals surface area contributed by atoms with Crippen molar-refractivity contribution in [2.45, 2.75) is 12.5 Å². The smallest absolute Gasteiger partial charge is 0.149 e. The Hall–Kier alpha value is -1.36. The Morgan fingerprint density at radius 1 is 1.46 bits per heavy atom. The molecule has 0 amide bonds. The van der Waals surface area contributed by atoms with Crippen molar-refractivity contribution in [3.8, 4) is 0 Å². The first-order valence-corrected chi connectivity index (χ1v) is 4.41. The second kappa shape index (κ2) is 3.57. The van der Waals surface area contributed by atoms with E-state index < -0.39 is 0 Å². The average Bonchev–Trinajstić information content (AvgIpc) is 2.62. The number of anilines is 2. The van der Waals surface area contributed by atoms with Gasteiger partial charge in [-0.25, -0.2) is 0 Å². The van der Waals surface area contributed by atoms with Crippen LogP contribution in [0.5, 0.6) is 0 Å². The molecule has 2 rings (SSSR count). The molecule has 0 unspecified atom stereocenters. The van der Waals surface area contributed by atoms with Crippen LogP contribution in [0.2, 0.25) is 0 Å². The Bertz CT molecular complexity index is 264. The molecule has 5 nitrogen and oxygen atoms in total. The van der Waals surface area contributed by atoms with E-state index >= 15 is 0 Å². The topological polar surface area (TPSA) is 75.9 Å². The second-order valence-electron chi connectivity index (χ2n) is 3.18. The molecule has 1 fully saturated rings. The Labute approximate surface area is 76.7 Å². The fraction of sp³-hybridized carbons (Fsp3) is 0.500. The summed E-state index contributed by atoms with van der Waals surface area (Å²) in [5, 5.41) is 14.2. The largest absolute Gasteiger partial charge is 0.382 e. The zero-order chi connectivity index (χ0) is 9.10. The van der Waals surface area contributed by atoms with Crippen molar-refractivity contribution in [3.63, 3.8) is 0 Å². The highest BCUT2D eigenvalue weighted by Crippen LogP contribution is 2.08. The van der Waals surface area contributed by atoms with Gasteiger partial charge in [0, 0.05) is 12.6 Å². The van der Waals surface area contributed by atoms with Gasteiger partial charge >= 0.3 is 0 Å². The molecule has 0 aromatic carbocycles. The van der Waals surface area contributed by atoms with Crippen molar-refractivity contribution < 1.29 is 0 Å². The van der Waals surface area contributed by atoms with Gasteiger partial charge in [-0.1, -0.05) is 0 Å². The number of hydrogen-bond donors (Lipinski definition) is 3. The number of nitrogen functional groups attached to an aromatic ring is 1. The molecule has 1 atom stereocenters. The molecule has 0 saturated carbocycles. The maximum Gasteiger partial charge on any atom is 0.149 e. The van der Waals surface area contributed by atoms with Crippen molar-refractivity contribution in [2.75, 3.05) is 24.1 Å². The molecule has 1 aliphatic heterocycles. The zero-order valence-corrected chi connectivity index (χ0v) is 7.33. The molecule has 2 heterocycles. The van der Waals surface area contributed by atoms with Crippen LogP contribution in [-0.4, -0.2) is 29.3 Å². The van der Waals surface area contributed by atoms with Crippen molar-refractivity contribution in [1.82, 2.24) is 15.5 Å². The second-order valence-corrected chi connectivity index (χ2v) is 3.18. The number of rotatable bonds is 2. The maximum atomic E-state index is 5.42. The summed E-state index contributed by atoms with van der Waals surface area (Å²) in [6.45, 7) is 2.06. The molecule has 0 bridgehead atoms. The lowest BCUT2D eigenvalue weighted by atomic mass is 10.2. The molecule has 1 aliphatic rings. The molecule has 0 aliphatic carbocycles. The monoisotopic (exact) mass is 179 g/mol. The summed E-state index contributed by atoms with van der Waals surface area (Å²) in [6.07, 6.45) is 1.13. The summed E-state index contributed by atoms with van der Waals surface area (Å²) < 4.78 is 0. The van der Waals surface area contributed by atoms with Crippen LogP contribution in [0.3, 0.4) is 0 Å². The lowest BCUT2D eigenvalue weighted by Gasteiger charge is -2.10. The van der Waals surface area contributed by atoms with E-state index in [2.05, 4.69) is 20.8 Å². The number of nitrogens with two attached hydrogens (primary N) is 1. The van der Waals surface area contributed by atoms with Gasteiger partial charge in [-0.15, -0.1) is 10.2 Å². The van der Waals surface area contributed by atoms with Gasteiger partial charge in [0.25, 0.3) is 0 Å². The SMILES string of the molecule is Nc1ccc(N[C@H]2CCNC2)nn1. The van der Waals surface area contributed by atoms with Gasteiger partial charge in [0.1, 0.15) is 11.6 Å². The lowest BCUT2D eigenvalue weighted by Crippen LogP contribution is -2.22. The molecule has 1 aromatic rings. The summed E-state index contributed by atoms with van der Waals surface area (Å²) in [5.74, 6) is 1.25. The van der Waals surface area contributed by atoms with Crippen molar-refractivity contribution in [3.05, 3.63) is 12.1 Å². The molecule has 0 radical (unpaired) electrons. The highest BCUT2D eigenvalue weighted by atomic mass is 15.2. The van der Waals surface area contributed by atoms with Crippen molar-refractivity contribution >= 4 is 11.6 Å². The third-order valence-corrected chi connectivity index (χ3v) is 2.10. The molecular weight excluding hydrogens is 166 g/mol. The number of aromatic nitrogens is 2. The minimum absolute atomic E-state index is 0.454. The summed E-state index contributed by atoms with van der Waals surface area (Å²) >= 11 is 0. The minimum atomic E-state index is 0.454. The molecular formula is C8H13N5. The first kappa shape index (κ1) is 8.25. The predicted molar refractivity (Wildman–Crippen MR) is 51.3 cm³/mol. The van der Waals surface area contributed by atoms with Crippen LogP contribution in [0.25, 0.3) is 0 Å². The lowest BCUT2D eigenvalue weighted by molar-refractivity contribution is 0.783. The Morgan fingerprint density at radius 3 is 3.00 bits per heavy atom. The van der Waals surface area contributed by atoms with E-state index in [-0.39, 0.29) is 0 Å². The maximum absolute atomic E-state index is 5.42. The summed E-state index contributed by atoms with van der Waals surface area (Å²) in [4.78, 5) is 0. The van der Waals surface area contributed by atoms with Crippen molar-refractivity contribution in [1.29, 1.82) is 0 Å². The molecule has 5 heteroatoms. The van der Waals surface area contributed by atoms with E-state index in [0.717, 1.165) is 25.3 Å². The van der Waals surface area contributed by atoms with E-state index in [9.17, 15) is 0 Å². The standard InChI is InChI=1S/C8H13N5/c9-7-1-2-8(13-12-7)11-6-3-4-10-5-6/h1-2,6,10H,3-5H2,(H2,9,12)(H,11,13)/t6-/m0/s1. The van der Waals surface area contributed by atoms with Crippen LogP contribution < -0.4 is 16.4 Å². The van der Waals surface area contributed by atoms with Gasteiger partial charge in [-0.3, -0.25) is 0 Å². The molecule has 1 aromatic heterocycles. The number of nitrogens with zero attached hydrogens (tertiary/aromatic N) is 2. The van der Waals surface area contributed by atoms with Crippen LogP contribution >= 0.6 is 0 Å². The third kappa shape index (κ3) is 2.06. The first-order valence-electron chi connectivity index (χ1n) is 4.41. The first-order chi connectivity index (χ1) is 6.34. The third-order valence-electron chi connectivity index (χ3n) is 2.10. The Balaban J connectivity index is 1.97. The van der Waals surface area contributed by atoms with Gasteiger partial charge in [-0.2, -0.15) is 0 Å². The summed E-state index contributed by atoms with van der Waals surface area (Å²) in [5.41, 5.74) is 5.42. The summed E-state index contributed by atoms with van der Waals surface area (Å²) in [7, 11) is 0. The Kier molecular flexibility index (Phi) is 2.27. The highest BCUT2D eigenvalue weighted by Gasteiger charge is 2.13. The zero-order valence-electron chi connectivity index (χ0n) is 7.33. The van der Waals surface area contributed by atoms with E-state index in [1.54, 1.807) is 6.07 Å². The minimum Gasteiger partial charge on any atom is -0.382 e. The molecule has 4 N–H and O–H groups in total. The fourth-order valence-corrected chi connectivity index (χ4v) is 1.41. The van der Waals surface area contributed by atoms with Crippen LogP contribution in [-0.2, 0) is 0 Å².